The summed E-state index contributed by atoms with van der Waals surface area (Å²) in [6, 6.07) is 8.92. The molecule has 1 saturated heterocycles. The summed E-state index contributed by atoms with van der Waals surface area (Å²) in [4.78, 5) is 3.07. The Balaban J connectivity index is 1.96. The SMILES string of the molecule is Fc1nc(O[C@H](c2ccccc2)C2CCNC2)c(F)c(F)c1F. The third-order valence-electron chi connectivity index (χ3n) is 3.85. The number of hydrogen-bond donors (Lipinski definition) is 1. The largest absolute Gasteiger partial charge is 0.467 e. The Bertz CT molecular complexity index is 690. The molecule has 23 heavy (non-hydrogen) atoms. The number of nitrogens with one attached hydrogen (secondary N) is 1. The number of ether oxygens (including phenoxy) is 1. The van der Waals surface area contributed by atoms with Crippen LogP contribution in [0.5, 0.6) is 5.88 Å². The molecule has 3 nitrogen and oxygen atoms in total. The van der Waals surface area contributed by atoms with Gasteiger partial charge in [-0.1, -0.05) is 30.3 Å². The van der Waals surface area contributed by atoms with Crippen molar-refractivity contribution >= 4 is 0 Å². The molecule has 1 aromatic heterocycles. The maximum absolute atomic E-state index is 13.8. The van der Waals surface area contributed by atoms with Crippen LogP contribution in [-0.4, -0.2) is 18.1 Å². The quantitative estimate of drug-likeness (QED) is 0.691. The Labute approximate surface area is 130 Å². The third kappa shape index (κ3) is 3.14. The van der Waals surface area contributed by atoms with Crippen LogP contribution in [0.15, 0.2) is 30.3 Å². The van der Waals surface area contributed by atoms with Crippen LogP contribution in [-0.2, 0) is 0 Å². The molecule has 122 valence electrons. The van der Waals surface area contributed by atoms with Gasteiger partial charge in [0.2, 0.25) is 17.5 Å². The van der Waals surface area contributed by atoms with E-state index in [1.807, 2.05) is 6.07 Å². The molecule has 7 heteroatoms. The molecule has 1 N–H and O–H groups in total. The molecule has 1 fully saturated rings. The van der Waals surface area contributed by atoms with Crippen molar-refractivity contribution < 1.29 is 22.3 Å². The zero-order valence-electron chi connectivity index (χ0n) is 12.0. The lowest BCUT2D eigenvalue weighted by atomic mass is 9.95. The molecule has 0 radical (unpaired) electrons. The average Bonchev–Trinajstić information content (AvgIpc) is 3.10. The van der Waals surface area contributed by atoms with Gasteiger partial charge in [-0.25, -0.2) is 4.39 Å². The normalized spacial score (nSPS) is 18.9. The molecule has 1 unspecified atom stereocenters. The monoisotopic (exact) mass is 326 g/mol. The van der Waals surface area contributed by atoms with Crippen molar-refractivity contribution in [3.05, 3.63) is 59.3 Å². The second-order valence-electron chi connectivity index (χ2n) is 5.35. The van der Waals surface area contributed by atoms with Gasteiger partial charge >= 0.3 is 0 Å². The van der Waals surface area contributed by atoms with E-state index in [0.717, 1.165) is 18.5 Å². The van der Waals surface area contributed by atoms with Crippen LogP contribution in [0.1, 0.15) is 18.1 Å². The first-order valence-corrected chi connectivity index (χ1v) is 7.20. The molecule has 0 aliphatic carbocycles. The Morgan fingerprint density at radius 2 is 1.78 bits per heavy atom. The van der Waals surface area contributed by atoms with Gasteiger partial charge in [0.05, 0.1) is 0 Å². The Kier molecular flexibility index (Phi) is 4.47. The van der Waals surface area contributed by atoms with Gasteiger partial charge in [-0.3, -0.25) is 0 Å². The molecule has 3 rings (SSSR count). The van der Waals surface area contributed by atoms with Gasteiger partial charge in [0.15, 0.2) is 0 Å². The zero-order chi connectivity index (χ0) is 16.4. The van der Waals surface area contributed by atoms with Gasteiger partial charge in [0.25, 0.3) is 11.8 Å². The van der Waals surface area contributed by atoms with E-state index in [9.17, 15) is 17.6 Å². The fourth-order valence-corrected chi connectivity index (χ4v) is 2.68. The number of aromatic nitrogens is 1. The first-order valence-electron chi connectivity index (χ1n) is 7.20. The van der Waals surface area contributed by atoms with Crippen LogP contribution in [0, 0.1) is 29.3 Å². The maximum Gasteiger partial charge on any atom is 0.257 e. The molecule has 0 saturated carbocycles. The van der Waals surface area contributed by atoms with Crippen LogP contribution in [0.25, 0.3) is 0 Å². The Morgan fingerprint density at radius 3 is 2.43 bits per heavy atom. The number of pyridine rings is 1. The van der Waals surface area contributed by atoms with Crippen molar-refractivity contribution in [2.24, 2.45) is 5.92 Å². The van der Waals surface area contributed by atoms with E-state index in [4.69, 9.17) is 4.74 Å². The summed E-state index contributed by atoms with van der Waals surface area (Å²) >= 11 is 0. The molecule has 1 aromatic carbocycles. The van der Waals surface area contributed by atoms with Crippen molar-refractivity contribution in [3.63, 3.8) is 0 Å². The summed E-state index contributed by atoms with van der Waals surface area (Å²) < 4.78 is 58.9. The minimum Gasteiger partial charge on any atom is -0.467 e. The van der Waals surface area contributed by atoms with Gasteiger partial charge in [-0.05, 0) is 18.5 Å². The minimum absolute atomic E-state index is 0.0187. The zero-order valence-corrected chi connectivity index (χ0v) is 12.0. The maximum atomic E-state index is 13.8. The molecular formula is C16H14F4N2O. The van der Waals surface area contributed by atoms with E-state index in [1.165, 1.54) is 0 Å². The predicted octanol–water partition coefficient (Wildman–Crippen LogP) is 3.37. The van der Waals surface area contributed by atoms with Crippen LogP contribution in [0.4, 0.5) is 17.6 Å². The van der Waals surface area contributed by atoms with Gasteiger partial charge < -0.3 is 10.1 Å². The molecule has 0 bridgehead atoms. The van der Waals surface area contributed by atoms with E-state index in [2.05, 4.69) is 10.3 Å². The molecular weight excluding hydrogens is 312 g/mol. The molecule has 1 aliphatic rings. The standard InChI is InChI=1S/C16H14F4N2O/c17-11-12(18)15(20)22-16(13(11)19)23-14(10-6-7-21-8-10)9-4-2-1-3-5-9/h1-5,10,14,21H,6-8H2/t10?,14-/m1/s1. The van der Waals surface area contributed by atoms with Gasteiger partial charge in [0.1, 0.15) is 6.10 Å². The minimum atomic E-state index is -1.95. The molecule has 0 amide bonds. The van der Waals surface area contributed by atoms with E-state index >= 15 is 0 Å². The number of rotatable bonds is 4. The molecule has 0 spiro atoms. The highest BCUT2D eigenvalue weighted by molar-refractivity contribution is 5.23. The third-order valence-corrected chi connectivity index (χ3v) is 3.85. The smallest absolute Gasteiger partial charge is 0.257 e. The molecule has 2 aromatic rings. The summed E-state index contributed by atoms with van der Waals surface area (Å²) in [5, 5.41) is 3.15. The number of benzene rings is 1. The predicted molar refractivity (Wildman–Crippen MR) is 74.9 cm³/mol. The highest BCUT2D eigenvalue weighted by Crippen LogP contribution is 2.33. The average molecular weight is 326 g/mol. The van der Waals surface area contributed by atoms with Crippen LogP contribution in [0.2, 0.25) is 0 Å². The van der Waals surface area contributed by atoms with E-state index in [0.29, 0.717) is 6.54 Å². The summed E-state index contributed by atoms with van der Waals surface area (Å²) in [6.45, 7) is 1.38. The van der Waals surface area contributed by atoms with Crippen molar-refractivity contribution in [2.75, 3.05) is 13.1 Å². The molecule has 1 aliphatic heterocycles. The fourth-order valence-electron chi connectivity index (χ4n) is 2.68. The highest BCUT2D eigenvalue weighted by atomic mass is 19.2. The number of halogens is 4. The lowest BCUT2D eigenvalue weighted by Crippen LogP contribution is -2.22. The van der Waals surface area contributed by atoms with Crippen molar-refractivity contribution in [1.82, 2.24) is 10.3 Å². The molecule has 2 atom stereocenters. The fraction of sp³-hybridized carbons (Fsp3) is 0.312. The highest BCUT2D eigenvalue weighted by Gasteiger charge is 2.31. The number of hydrogen-bond acceptors (Lipinski definition) is 3. The van der Waals surface area contributed by atoms with Gasteiger partial charge in [-0.2, -0.15) is 18.2 Å². The van der Waals surface area contributed by atoms with Crippen LogP contribution < -0.4 is 10.1 Å². The first-order chi connectivity index (χ1) is 11.1. The van der Waals surface area contributed by atoms with Crippen molar-refractivity contribution in [2.45, 2.75) is 12.5 Å². The second kappa shape index (κ2) is 6.54. The second-order valence-corrected chi connectivity index (χ2v) is 5.35. The van der Waals surface area contributed by atoms with Crippen molar-refractivity contribution in [1.29, 1.82) is 0 Å². The summed E-state index contributed by atoms with van der Waals surface area (Å²) in [5.41, 5.74) is 0.729. The summed E-state index contributed by atoms with van der Waals surface area (Å²) in [5.74, 6) is -8.12. The molecule has 2 heterocycles. The first kappa shape index (κ1) is 15.7. The van der Waals surface area contributed by atoms with Crippen LogP contribution >= 0.6 is 0 Å². The summed E-state index contributed by atoms with van der Waals surface area (Å²) in [7, 11) is 0. The Hall–Kier alpha value is -2.15. The number of nitrogens with zero attached hydrogens (tertiary/aromatic N) is 1. The Morgan fingerprint density at radius 1 is 1.04 bits per heavy atom. The van der Waals surface area contributed by atoms with E-state index in [1.54, 1.807) is 24.3 Å². The lowest BCUT2D eigenvalue weighted by Gasteiger charge is -2.24. The van der Waals surface area contributed by atoms with Crippen LogP contribution in [0.3, 0.4) is 0 Å². The topological polar surface area (TPSA) is 34.1 Å². The van der Waals surface area contributed by atoms with Gasteiger partial charge in [0, 0.05) is 12.5 Å². The summed E-state index contributed by atoms with van der Waals surface area (Å²) in [6.07, 6.45) is 0.116. The van der Waals surface area contributed by atoms with Crippen molar-refractivity contribution in [3.8, 4) is 5.88 Å². The van der Waals surface area contributed by atoms with Gasteiger partial charge in [-0.15, -0.1) is 0 Å². The lowest BCUT2D eigenvalue weighted by molar-refractivity contribution is 0.126. The van der Waals surface area contributed by atoms with E-state index in [-0.39, 0.29) is 5.92 Å². The van der Waals surface area contributed by atoms with E-state index < -0.39 is 35.4 Å².